The molecule has 0 amide bonds. The molecule has 1 aliphatic rings. The Labute approximate surface area is 110 Å². The van der Waals surface area contributed by atoms with E-state index >= 15 is 0 Å². The Hall–Kier alpha value is -1.56. The van der Waals surface area contributed by atoms with Gasteiger partial charge in [0.25, 0.3) is 0 Å². The van der Waals surface area contributed by atoms with Gasteiger partial charge in [-0.1, -0.05) is 63.2 Å². The molecule has 2 aromatic carbocycles. The van der Waals surface area contributed by atoms with Crippen LogP contribution in [0.5, 0.6) is 0 Å². The lowest BCUT2D eigenvalue weighted by Gasteiger charge is -2.35. The minimum Gasteiger partial charge on any atom is -0.0620 e. The third-order valence-electron chi connectivity index (χ3n) is 4.18. The van der Waals surface area contributed by atoms with Crippen molar-refractivity contribution in [2.45, 2.75) is 39.0 Å². The van der Waals surface area contributed by atoms with E-state index in [1.165, 1.54) is 27.8 Å². The van der Waals surface area contributed by atoms with Gasteiger partial charge in [-0.3, -0.25) is 0 Å². The molecule has 0 nitrogen and oxygen atoms in total. The van der Waals surface area contributed by atoms with Gasteiger partial charge in [0.2, 0.25) is 0 Å². The summed E-state index contributed by atoms with van der Waals surface area (Å²) in [6, 6.07) is 15.7. The largest absolute Gasteiger partial charge is 0.0620 e. The number of fused-ring (bicyclic) bond motifs is 3. The van der Waals surface area contributed by atoms with E-state index in [1.54, 1.807) is 0 Å². The lowest BCUT2D eigenvalue weighted by Crippen LogP contribution is -2.26. The maximum atomic E-state index is 2.36. The van der Waals surface area contributed by atoms with Gasteiger partial charge in [0.05, 0.1) is 0 Å². The molecule has 0 unspecified atom stereocenters. The quantitative estimate of drug-likeness (QED) is 0.670. The molecule has 2 aromatic rings. The van der Waals surface area contributed by atoms with Crippen molar-refractivity contribution in [3.05, 3.63) is 59.2 Å². The lowest BCUT2D eigenvalue weighted by atomic mass is 9.69. The molecular weight excluding hydrogens is 216 g/mol. The summed E-state index contributed by atoms with van der Waals surface area (Å²) in [7, 11) is 0. The van der Waals surface area contributed by atoms with Gasteiger partial charge in [-0.25, -0.2) is 0 Å². The van der Waals surface area contributed by atoms with Crippen molar-refractivity contribution in [1.82, 2.24) is 0 Å². The minimum atomic E-state index is 0.245. The van der Waals surface area contributed by atoms with Crippen LogP contribution in [0.3, 0.4) is 0 Å². The van der Waals surface area contributed by atoms with E-state index in [1.807, 2.05) is 0 Å². The fraction of sp³-hybridized carbons (Fsp3) is 0.333. The second-order valence-electron chi connectivity index (χ2n) is 5.91. The highest BCUT2D eigenvalue weighted by Crippen LogP contribution is 2.44. The highest BCUT2D eigenvalue weighted by Gasteiger charge is 2.31. The van der Waals surface area contributed by atoms with Crippen molar-refractivity contribution in [2.24, 2.45) is 0 Å². The van der Waals surface area contributed by atoms with Crippen molar-refractivity contribution >= 4 is 0 Å². The highest BCUT2D eigenvalue weighted by atomic mass is 14.3. The minimum absolute atomic E-state index is 0.245. The molecule has 0 radical (unpaired) electrons. The average Bonchev–Trinajstić information content (AvgIpc) is 2.37. The topological polar surface area (TPSA) is 0 Å². The van der Waals surface area contributed by atoms with Crippen LogP contribution in [-0.4, -0.2) is 0 Å². The number of rotatable bonds is 1. The Kier molecular flexibility index (Phi) is 2.55. The summed E-state index contributed by atoms with van der Waals surface area (Å²) in [6.07, 6.45) is 2.25. The molecule has 0 N–H and O–H groups in total. The predicted molar refractivity (Wildman–Crippen MR) is 78.0 cm³/mol. The Morgan fingerprint density at radius 2 is 1.78 bits per heavy atom. The molecule has 18 heavy (non-hydrogen) atoms. The summed E-state index contributed by atoms with van der Waals surface area (Å²) in [5, 5.41) is 0. The molecule has 92 valence electrons. The molecule has 0 heterocycles. The summed E-state index contributed by atoms with van der Waals surface area (Å²) < 4.78 is 0. The number of hydrogen-bond donors (Lipinski definition) is 0. The fourth-order valence-corrected chi connectivity index (χ4v) is 3.27. The normalized spacial score (nSPS) is 15.9. The third kappa shape index (κ3) is 1.59. The van der Waals surface area contributed by atoms with E-state index in [4.69, 9.17) is 0 Å². The van der Waals surface area contributed by atoms with E-state index in [0.29, 0.717) is 0 Å². The Balaban J connectivity index is 2.36. The van der Waals surface area contributed by atoms with Crippen LogP contribution in [0.15, 0.2) is 42.5 Å². The van der Waals surface area contributed by atoms with Gasteiger partial charge >= 0.3 is 0 Å². The molecule has 3 rings (SSSR count). The third-order valence-corrected chi connectivity index (χ3v) is 4.18. The SMILES string of the molecule is CCc1cccc2c1-c1ccccc1CC2(C)C. The van der Waals surface area contributed by atoms with Crippen LogP contribution in [-0.2, 0) is 18.3 Å². The first-order chi connectivity index (χ1) is 8.63. The average molecular weight is 236 g/mol. The van der Waals surface area contributed by atoms with Crippen LogP contribution in [0.1, 0.15) is 37.5 Å². The second kappa shape index (κ2) is 3.98. The van der Waals surface area contributed by atoms with E-state index in [-0.39, 0.29) is 5.41 Å². The van der Waals surface area contributed by atoms with Crippen LogP contribution in [0, 0.1) is 0 Å². The highest BCUT2D eigenvalue weighted by molar-refractivity contribution is 5.77. The number of benzene rings is 2. The Bertz CT molecular complexity index is 591. The maximum absolute atomic E-state index is 2.36. The standard InChI is InChI=1S/C18H20/c1-4-13-9-7-11-16-17(13)15-10-6-5-8-14(15)12-18(16,2)3/h5-11H,4,12H2,1-3H3. The van der Waals surface area contributed by atoms with Crippen LogP contribution >= 0.6 is 0 Å². The zero-order chi connectivity index (χ0) is 12.8. The van der Waals surface area contributed by atoms with Crippen LogP contribution in [0.4, 0.5) is 0 Å². The Morgan fingerprint density at radius 1 is 1.00 bits per heavy atom. The summed E-state index contributed by atoms with van der Waals surface area (Å²) >= 11 is 0. The van der Waals surface area contributed by atoms with Crippen LogP contribution in [0.25, 0.3) is 11.1 Å². The molecule has 0 aliphatic heterocycles. The summed E-state index contributed by atoms with van der Waals surface area (Å²) in [5.74, 6) is 0. The number of aryl methyl sites for hydroxylation is 1. The van der Waals surface area contributed by atoms with Crippen molar-refractivity contribution < 1.29 is 0 Å². The molecular formula is C18H20. The van der Waals surface area contributed by atoms with E-state index in [2.05, 4.69) is 63.2 Å². The van der Waals surface area contributed by atoms with Gasteiger partial charge in [0, 0.05) is 0 Å². The van der Waals surface area contributed by atoms with Crippen molar-refractivity contribution in [2.75, 3.05) is 0 Å². The fourth-order valence-electron chi connectivity index (χ4n) is 3.27. The summed E-state index contributed by atoms with van der Waals surface area (Å²) in [4.78, 5) is 0. The molecule has 0 fully saturated rings. The second-order valence-corrected chi connectivity index (χ2v) is 5.91. The molecule has 0 heteroatoms. The first kappa shape index (κ1) is 11.5. The first-order valence-electron chi connectivity index (χ1n) is 6.84. The van der Waals surface area contributed by atoms with Gasteiger partial charge in [-0.15, -0.1) is 0 Å². The van der Waals surface area contributed by atoms with Crippen molar-refractivity contribution in [3.8, 4) is 11.1 Å². The molecule has 1 aliphatic carbocycles. The molecule has 0 bridgehead atoms. The van der Waals surface area contributed by atoms with Crippen LogP contribution in [0.2, 0.25) is 0 Å². The van der Waals surface area contributed by atoms with E-state index in [0.717, 1.165) is 12.8 Å². The molecule has 0 aromatic heterocycles. The smallest absolute Gasteiger partial charge is 0.00567 e. The zero-order valence-corrected chi connectivity index (χ0v) is 11.5. The van der Waals surface area contributed by atoms with Gasteiger partial charge in [0.1, 0.15) is 0 Å². The summed E-state index contributed by atoms with van der Waals surface area (Å²) in [6.45, 7) is 6.97. The van der Waals surface area contributed by atoms with Crippen molar-refractivity contribution in [1.29, 1.82) is 0 Å². The number of hydrogen-bond acceptors (Lipinski definition) is 0. The lowest BCUT2D eigenvalue weighted by molar-refractivity contribution is 0.516. The Morgan fingerprint density at radius 3 is 2.56 bits per heavy atom. The molecule has 0 saturated heterocycles. The van der Waals surface area contributed by atoms with E-state index in [9.17, 15) is 0 Å². The van der Waals surface area contributed by atoms with Gasteiger partial charge in [0.15, 0.2) is 0 Å². The van der Waals surface area contributed by atoms with Gasteiger partial charge < -0.3 is 0 Å². The molecule has 0 saturated carbocycles. The predicted octanol–water partition coefficient (Wildman–Crippen LogP) is 4.75. The van der Waals surface area contributed by atoms with Crippen molar-refractivity contribution in [3.63, 3.8) is 0 Å². The van der Waals surface area contributed by atoms with Gasteiger partial charge in [-0.05, 0) is 46.1 Å². The maximum Gasteiger partial charge on any atom is -0.00567 e. The first-order valence-corrected chi connectivity index (χ1v) is 6.84. The summed E-state index contributed by atoms with van der Waals surface area (Å²) in [5.41, 5.74) is 7.68. The molecule has 0 spiro atoms. The monoisotopic (exact) mass is 236 g/mol. The van der Waals surface area contributed by atoms with E-state index < -0.39 is 0 Å². The van der Waals surface area contributed by atoms with Gasteiger partial charge in [-0.2, -0.15) is 0 Å². The zero-order valence-electron chi connectivity index (χ0n) is 11.5. The molecule has 0 atom stereocenters. The van der Waals surface area contributed by atoms with Crippen LogP contribution < -0.4 is 0 Å².